The minimum absolute atomic E-state index is 0.0819. The largest absolute Gasteiger partial charge is 0.480 e. The Hall–Kier alpha value is -1.82. The molecule has 2 unspecified atom stereocenters. The predicted molar refractivity (Wildman–Crippen MR) is 75.3 cm³/mol. The summed E-state index contributed by atoms with van der Waals surface area (Å²) in [5.41, 5.74) is 0.900. The summed E-state index contributed by atoms with van der Waals surface area (Å²) in [7, 11) is 1.43. The molecule has 1 aliphatic heterocycles. The Morgan fingerprint density at radius 2 is 2.05 bits per heavy atom. The van der Waals surface area contributed by atoms with Gasteiger partial charge in [0.2, 0.25) is 11.8 Å². The fraction of sp³-hybridized carbons (Fsp3) is 0.357. The van der Waals surface area contributed by atoms with Crippen molar-refractivity contribution in [2.24, 2.45) is 0 Å². The normalized spacial score (nSPS) is 20.2. The third-order valence-corrected chi connectivity index (χ3v) is 4.60. The van der Waals surface area contributed by atoms with E-state index in [4.69, 9.17) is 0 Å². The van der Waals surface area contributed by atoms with Gasteiger partial charge >= 0.3 is 5.97 Å². The Balaban J connectivity index is 2.05. The Bertz CT molecular complexity index is 531. The molecular formula is C14H15NO4S. The van der Waals surface area contributed by atoms with E-state index in [-0.39, 0.29) is 18.2 Å². The van der Waals surface area contributed by atoms with E-state index in [0.29, 0.717) is 6.42 Å². The molecular weight excluding hydrogens is 278 g/mol. The van der Waals surface area contributed by atoms with Gasteiger partial charge in [0.05, 0.1) is 5.25 Å². The van der Waals surface area contributed by atoms with Crippen molar-refractivity contribution >= 4 is 29.5 Å². The quantitative estimate of drug-likeness (QED) is 0.825. The Morgan fingerprint density at radius 3 is 2.55 bits per heavy atom. The fourth-order valence-electron chi connectivity index (χ4n) is 2.05. The smallest absolute Gasteiger partial charge is 0.316 e. The van der Waals surface area contributed by atoms with Crippen LogP contribution in [0.1, 0.15) is 12.0 Å². The van der Waals surface area contributed by atoms with Crippen LogP contribution in [0.15, 0.2) is 30.3 Å². The van der Waals surface area contributed by atoms with E-state index in [1.54, 1.807) is 0 Å². The maximum atomic E-state index is 11.8. The Labute approximate surface area is 121 Å². The lowest BCUT2D eigenvalue weighted by molar-refractivity contribution is -0.137. The zero-order valence-corrected chi connectivity index (χ0v) is 11.8. The molecule has 2 atom stereocenters. The minimum atomic E-state index is -0.964. The van der Waals surface area contributed by atoms with Crippen LogP contribution in [0.3, 0.4) is 0 Å². The predicted octanol–water partition coefficient (Wildman–Crippen LogP) is 1.17. The topological polar surface area (TPSA) is 74.7 Å². The zero-order valence-electron chi connectivity index (χ0n) is 11.0. The highest BCUT2D eigenvalue weighted by molar-refractivity contribution is 8.01. The second kappa shape index (κ2) is 6.09. The van der Waals surface area contributed by atoms with Gasteiger partial charge in [0, 0.05) is 13.5 Å². The molecule has 1 aliphatic rings. The van der Waals surface area contributed by atoms with Crippen LogP contribution in [0.25, 0.3) is 0 Å². The molecule has 1 aromatic rings. The van der Waals surface area contributed by atoms with E-state index < -0.39 is 16.5 Å². The standard InChI is InChI=1S/C14H15NO4S/c1-15-12(16)8-10(13(15)17)20-11(14(18)19)7-9-5-3-2-4-6-9/h2-6,10-11H,7-8H2,1H3,(H,18,19). The van der Waals surface area contributed by atoms with Crippen molar-refractivity contribution in [1.82, 2.24) is 4.90 Å². The number of amides is 2. The summed E-state index contributed by atoms with van der Waals surface area (Å²) in [5.74, 6) is -1.52. The molecule has 0 aromatic heterocycles. The molecule has 1 fully saturated rings. The number of rotatable bonds is 5. The molecule has 2 rings (SSSR count). The number of carboxylic acid groups (broad SMARTS) is 1. The van der Waals surface area contributed by atoms with E-state index in [0.717, 1.165) is 22.2 Å². The second-order valence-corrected chi connectivity index (χ2v) is 6.05. The first-order chi connectivity index (χ1) is 9.49. The zero-order chi connectivity index (χ0) is 14.7. The van der Waals surface area contributed by atoms with Crippen LogP contribution in [0, 0.1) is 0 Å². The summed E-state index contributed by atoms with van der Waals surface area (Å²) in [4.78, 5) is 35.7. The maximum Gasteiger partial charge on any atom is 0.316 e. The van der Waals surface area contributed by atoms with Gasteiger partial charge in [-0.2, -0.15) is 0 Å². The molecule has 20 heavy (non-hydrogen) atoms. The highest BCUT2D eigenvalue weighted by atomic mass is 32.2. The van der Waals surface area contributed by atoms with Crippen LogP contribution in [0.4, 0.5) is 0 Å². The number of carboxylic acids is 1. The first kappa shape index (κ1) is 14.6. The van der Waals surface area contributed by atoms with Crippen molar-refractivity contribution in [3.8, 4) is 0 Å². The van der Waals surface area contributed by atoms with Crippen molar-refractivity contribution in [3.05, 3.63) is 35.9 Å². The Morgan fingerprint density at radius 1 is 1.40 bits per heavy atom. The number of carbonyl (C=O) groups excluding carboxylic acids is 2. The lowest BCUT2D eigenvalue weighted by Gasteiger charge is -2.15. The molecule has 6 heteroatoms. The molecule has 106 valence electrons. The van der Waals surface area contributed by atoms with Crippen LogP contribution in [0.5, 0.6) is 0 Å². The number of carbonyl (C=O) groups is 3. The third kappa shape index (κ3) is 3.19. The average Bonchev–Trinajstić information content (AvgIpc) is 2.67. The van der Waals surface area contributed by atoms with E-state index >= 15 is 0 Å². The van der Waals surface area contributed by atoms with Gasteiger partial charge in [-0.1, -0.05) is 30.3 Å². The molecule has 1 aromatic carbocycles. The Kier molecular flexibility index (Phi) is 4.44. The fourth-order valence-corrected chi connectivity index (χ4v) is 3.36. The summed E-state index contributed by atoms with van der Waals surface area (Å²) in [6.45, 7) is 0. The number of thioether (sulfide) groups is 1. The summed E-state index contributed by atoms with van der Waals surface area (Å²) in [6.07, 6.45) is 0.418. The van der Waals surface area contributed by atoms with Crippen molar-refractivity contribution in [3.63, 3.8) is 0 Å². The lowest BCUT2D eigenvalue weighted by Crippen LogP contribution is -2.29. The molecule has 0 spiro atoms. The molecule has 0 bridgehead atoms. The van der Waals surface area contributed by atoms with Crippen molar-refractivity contribution < 1.29 is 19.5 Å². The van der Waals surface area contributed by atoms with Gasteiger partial charge in [0.25, 0.3) is 0 Å². The number of likely N-dealkylation sites (tertiary alicyclic amines) is 1. The molecule has 1 saturated heterocycles. The van der Waals surface area contributed by atoms with Crippen LogP contribution < -0.4 is 0 Å². The first-order valence-electron chi connectivity index (χ1n) is 6.21. The van der Waals surface area contributed by atoms with Gasteiger partial charge in [-0.05, 0) is 12.0 Å². The second-order valence-electron chi connectivity index (χ2n) is 4.64. The molecule has 0 radical (unpaired) electrons. The molecule has 0 aliphatic carbocycles. The van der Waals surface area contributed by atoms with Gasteiger partial charge in [0.15, 0.2) is 0 Å². The van der Waals surface area contributed by atoms with Crippen LogP contribution in [-0.4, -0.2) is 45.3 Å². The number of hydrogen-bond donors (Lipinski definition) is 1. The van der Waals surface area contributed by atoms with Crippen molar-refractivity contribution in [2.45, 2.75) is 23.3 Å². The number of benzene rings is 1. The summed E-state index contributed by atoms with van der Waals surface area (Å²) < 4.78 is 0. The van der Waals surface area contributed by atoms with Gasteiger partial charge < -0.3 is 5.11 Å². The lowest BCUT2D eigenvalue weighted by atomic mass is 10.1. The van der Waals surface area contributed by atoms with Gasteiger partial charge in [-0.15, -0.1) is 11.8 Å². The summed E-state index contributed by atoms with van der Waals surface area (Å²) in [5, 5.41) is 7.97. The van der Waals surface area contributed by atoms with Crippen molar-refractivity contribution in [1.29, 1.82) is 0 Å². The SMILES string of the molecule is CN1C(=O)CC(SC(Cc2ccccc2)C(=O)O)C1=O. The number of aliphatic carboxylic acids is 1. The van der Waals surface area contributed by atoms with E-state index in [1.807, 2.05) is 30.3 Å². The highest BCUT2D eigenvalue weighted by Gasteiger charge is 2.39. The van der Waals surface area contributed by atoms with Crippen LogP contribution >= 0.6 is 11.8 Å². The van der Waals surface area contributed by atoms with Crippen molar-refractivity contribution in [2.75, 3.05) is 7.05 Å². The maximum absolute atomic E-state index is 11.8. The van der Waals surface area contributed by atoms with Crippen LogP contribution in [-0.2, 0) is 20.8 Å². The average molecular weight is 293 g/mol. The van der Waals surface area contributed by atoms with Gasteiger partial charge in [-0.3, -0.25) is 19.3 Å². The molecule has 5 nitrogen and oxygen atoms in total. The summed E-state index contributed by atoms with van der Waals surface area (Å²) >= 11 is 1.06. The monoisotopic (exact) mass is 293 g/mol. The molecule has 1 heterocycles. The molecule has 1 N–H and O–H groups in total. The number of nitrogens with zero attached hydrogens (tertiary/aromatic N) is 1. The third-order valence-electron chi connectivity index (χ3n) is 3.21. The molecule has 2 amide bonds. The molecule has 0 saturated carbocycles. The number of imide groups is 1. The minimum Gasteiger partial charge on any atom is -0.480 e. The van der Waals surface area contributed by atoms with E-state index in [2.05, 4.69) is 0 Å². The van der Waals surface area contributed by atoms with E-state index in [9.17, 15) is 19.5 Å². The van der Waals surface area contributed by atoms with Gasteiger partial charge in [0.1, 0.15) is 5.25 Å². The highest BCUT2D eigenvalue weighted by Crippen LogP contribution is 2.29. The first-order valence-corrected chi connectivity index (χ1v) is 7.16. The summed E-state index contributed by atoms with van der Waals surface area (Å²) in [6, 6.07) is 9.25. The number of hydrogen-bond acceptors (Lipinski definition) is 4. The van der Waals surface area contributed by atoms with Gasteiger partial charge in [-0.25, -0.2) is 0 Å². The van der Waals surface area contributed by atoms with E-state index in [1.165, 1.54) is 7.05 Å². The van der Waals surface area contributed by atoms with Crippen LogP contribution in [0.2, 0.25) is 0 Å².